The van der Waals surface area contributed by atoms with Crippen molar-refractivity contribution in [3.63, 3.8) is 0 Å². The van der Waals surface area contributed by atoms with E-state index >= 15 is 0 Å². The molecule has 21 heavy (non-hydrogen) atoms. The molecule has 0 radical (unpaired) electrons. The first-order valence-corrected chi connectivity index (χ1v) is 6.83. The number of carboxylic acids is 1. The van der Waals surface area contributed by atoms with Crippen molar-refractivity contribution in [2.45, 2.75) is 19.1 Å². The average Bonchev–Trinajstić information content (AvgIpc) is 2.37. The molecule has 2 atom stereocenters. The maximum absolute atomic E-state index is 11.6. The van der Waals surface area contributed by atoms with Gasteiger partial charge in [0.1, 0.15) is 5.75 Å². The molecule has 0 spiro atoms. The lowest BCUT2D eigenvalue weighted by Crippen LogP contribution is -2.49. The molecule has 9 heteroatoms. The third-order valence-electron chi connectivity index (χ3n) is 2.40. The van der Waals surface area contributed by atoms with E-state index in [9.17, 15) is 14.7 Å². The molecular formula is C12H12Cl3NO5. The summed E-state index contributed by atoms with van der Waals surface area (Å²) in [6.45, 7) is 0.754. The molecule has 0 fully saturated rings. The van der Waals surface area contributed by atoms with Crippen LogP contribution < -0.4 is 10.1 Å². The van der Waals surface area contributed by atoms with Crippen LogP contribution in [-0.4, -0.2) is 40.8 Å². The molecule has 116 valence electrons. The zero-order valence-electron chi connectivity index (χ0n) is 10.8. The number of amides is 1. The molecular weight excluding hydrogens is 344 g/mol. The van der Waals surface area contributed by atoms with E-state index in [1.807, 2.05) is 0 Å². The number of carbonyl (C=O) groups is 2. The average molecular weight is 357 g/mol. The Labute approximate surface area is 135 Å². The molecule has 6 nitrogen and oxygen atoms in total. The summed E-state index contributed by atoms with van der Waals surface area (Å²) in [5.74, 6) is -1.96. The van der Waals surface area contributed by atoms with E-state index in [-0.39, 0.29) is 20.8 Å². The molecule has 1 rings (SSSR count). The van der Waals surface area contributed by atoms with Crippen LogP contribution in [-0.2, 0) is 9.59 Å². The minimum atomic E-state index is -1.43. The molecule has 0 saturated heterocycles. The number of hydrogen-bond donors (Lipinski definition) is 3. The topological polar surface area (TPSA) is 95.9 Å². The number of carboxylic acid groups (broad SMARTS) is 1. The first-order valence-electron chi connectivity index (χ1n) is 5.70. The Morgan fingerprint density at radius 2 is 1.81 bits per heavy atom. The highest BCUT2D eigenvalue weighted by Crippen LogP contribution is 2.33. The molecule has 0 bridgehead atoms. The number of benzene rings is 1. The summed E-state index contributed by atoms with van der Waals surface area (Å²) >= 11 is 17.4. The van der Waals surface area contributed by atoms with Gasteiger partial charge in [-0.2, -0.15) is 0 Å². The fourth-order valence-corrected chi connectivity index (χ4v) is 1.95. The second-order valence-corrected chi connectivity index (χ2v) is 5.33. The number of nitrogens with one attached hydrogen (secondary N) is 1. The van der Waals surface area contributed by atoms with Gasteiger partial charge in [-0.05, 0) is 13.0 Å². The summed E-state index contributed by atoms with van der Waals surface area (Å²) in [5.41, 5.74) is 0. The van der Waals surface area contributed by atoms with Crippen LogP contribution in [0.15, 0.2) is 12.1 Å². The summed E-state index contributed by atoms with van der Waals surface area (Å²) in [6, 6.07) is 1.27. The monoisotopic (exact) mass is 355 g/mol. The molecule has 3 N–H and O–H groups in total. The highest BCUT2D eigenvalue weighted by molar-refractivity contribution is 6.43. The van der Waals surface area contributed by atoms with Crippen LogP contribution in [0.25, 0.3) is 0 Å². The van der Waals surface area contributed by atoms with Gasteiger partial charge in [-0.15, -0.1) is 0 Å². The van der Waals surface area contributed by atoms with Gasteiger partial charge in [-0.25, -0.2) is 4.79 Å². The van der Waals surface area contributed by atoms with Crippen molar-refractivity contribution >= 4 is 46.7 Å². The Bertz CT molecular complexity index is 550. The predicted octanol–water partition coefficient (Wildman–Crippen LogP) is 1.98. The van der Waals surface area contributed by atoms with Crippen molar-refractivity contribution in [1.29, 1.82) is 0 Å². The molecule has 1 aromatic carbocycles. The Hall–Kier alpha value is -1.21. The normalized spacial score (nSPS) is 13.4. The van der Waals surface area contributed by atoms with Crippen LogP contribution in [0, 0.1) is 0 Å². The largest absolute Gasteiger partial charge is 0.482 e. The fraction of sp³-hybridized carbons (Fsp3) is 0.333. The van der Waals surface area contributed by atoms with Crippen molar-refractivity contribution in [1.82, 2.24) is 5.32 Å². The molecule has 0 aliphatic rings. The minimum absolute atomic E-state index is 0.130. The summed E-state index contributed by atoms with van der Waals surface area (Å²) in [5, 5.41) is 20.8. The lowest BCUT2D eigenvalue weighted by Gasteiger charge is -2.17. The van der Waals surface area contributed by atoms with Gasteiger partial charge < -0.3 is 20.3 Å². The van der Waals surface area contributed by atoms with Crippen molar-refractivity contribution in [3.05, 3.63) is 27.2 Å². The van der Waals surface area contributed by atoms with E-state index in [0.717, 1.165) is 0 Å². The molecule has 0 aliphatic carbocycles. The highest BCUT2D eigenvalue weighted by Gasteiger charge is 2.25. The maximum Gasteiger partial charge on any atom is 0.328 e. The lowest BCUT2D eigenvalue weighted by atomic mass is 10.2. The van der Waals surface area contributed by atoms with Crippen LogP contribution in [0.4, 0.5) is 0 Å². The van der Waals surface area contributed by atoms with E-state index in [4.69, 9.17) is 44.6 Å². The first-order chi connectivity index (χ1) is 9.72. The Morgan fingerprint density at radius 3 is 2.33 bits per heavy atom. The smallest absolute Gasteiger partial charge is 0.328 e. The quantitative estimate of drug-likeness (QED) is 0.677. The Morgan fingerprint density at radius 1 is 1.24 bits per heavy atom. The number of carbonyl (C=O) groups excluding carboxylic acids is 1. The van der Waals surface area contributed by atoms with Crippen molar-refractivity contribution in [3.8, 4) is 5.75 Å². The lowest BCUT2D eigenvalue weighted by molar-refractivity contribution is -0.145. The van der Waals surface area contributed by atoms with Crippen molar-refractivity contribution < 1.29 is 24.5 Å². The molecule has 0 aromatic heterocycles. The first kappa shape index (κ1) is 17.8. The van der Waals surface area contributed by atoms with Crippen molar-refractivity contribution in [2.75, 3.05) is 6.61 Å². The molecule has 1 amide bonds. The standard InChI is InChI=1S/C12H12Cl3NO5/c1-5(17)11(12(19)20)16-10(18)4-21-9-3-7(14)6(13)2-8(9)15/h2-3,5,11,17H,4H2,1H3,(H,16,18)(H,19,20). The van der Waals surface area contributed by atoms with Gasteiger partial charge in [0, 0.05) is 6.07 Å². The number of ether oxygens (including phenoxy) is 1. The van der Waals surface area contributed by atoms with Gasteiger partial charge in [0.15, 0.2) is 12.6 Å². The second-order valence-electron chi connectivity index (χ2n) is 4.11. The second kappa shape index (κ2) is 7.70. The molecule has 0 saturated carbocycles. The Balaban J connectivity index is 2.65. The number of aliphatic carboxylic acids is 1. The van der Waals surface area contributed by atoms with Crippen LogP contribution in [0.3, 0.4) is 0 Å². The number of aliphatic hydroxyl groups is 1. The van der Waals surface area contributed by atoms with Gasteiger partial charge >= 0.3 is 5.97 Å². The predicted molar refractivity (Wildman–Crippen MR) is 78.2 cm³/mol. The van der Waals surface area contributed by atoms with Crippen molar-refractivity contribution in [2.24, 2.45) is 0 Å². The SMILES string of the molecule is CC(O)C(NC(=O)COc1cc(Cl)c(Cl)cc1Cl)C(=O)O. The fourth-order valence-electron chi connectivity index (χ4n) is 1.36. The van der Waals surface area contributed by atoms with Gasteiger partial charge in [0.05, 0.1) is 21.2 Å². The Kier molecular flexibility index (Phi) is 6.54. The summed E-state index contributed by atoms with van der Waals surface area (Å²) in [4.78, 5) is 22.4. The number of halogens is 3. The minimum Gasteiger partial charge on any atom is -0.482 e. The van der Waals surface area contributed by atoms with Gasteiger partial charge in [-0.1, -0.05) is 34.8 Å². The van der Waals surface area contributed by atoms with Gasteiger partial charge in [0.2, 0.25) is 0 Å². The third-order valence-corrected chi connectivity index (χ3v) is 3.42. The molecule has 1 aromatic rings. The number of hydrogen-bond acceptors (Lipinski definition) is 4. The summed E-state index contributed by atoms with van der Waals surface area (Å²) in [7, 11) is 0. The number of rotatable bonds is 6. The van der Waals surface area contributed by atoms with Crippen LogP contribution in [0.2, 0.25) is 15.1 Å². The third kappa shape index (κ3) is 5.24. The maximum atomic E-state index is 11.6. The molecule has 0 heterocycles. The van der Waals surface area contributed by atoms with E-state index in [2.05, 4.69) is 5.32 Å². The van der Waals surface area contributed by atoms with Gasteiger partial charge in [-0.3, -0.25) is 4.79 Å². The zero-order chi connectivity index (χ0) is 16.2. The van der Waals surface area contributed by atoms with E-state index < -0.39 is 30.6 Å². The summed E-state index contributed by atoms with van der Waals surface area (Å²) in [6.07, 6.45) is -1.25. The summed E-state index contributed by atoms with van der Waals surface area (Å²) < 4.78 is 5.13. The van der Waals surface area contributed by atoms with Gasteiger partial charge in [0.25, 0.3) is 5.91 Å². The van der Waals surface area contributed by atoms with E-state index in [1.54, 1.807) is 0 Å². The molecule has 0 aliphatic heterocycles. The van der Waals surface area contributed by atoms with E-state index in [1.165, 1.54) is 19.1 Å². The van der Waals surface area contributed by atoms with Crippen LogP contribution in [0.1, 0.15) is 6.92 Å². The zero-order valence-corrected chi connectivity index (χ0v) is 13.0. The molecule has 2 unspecified atom stereocenters. The van der Waals surface area contributed by atoms with E-state index in [0.29, 0.717) is 0 Å². The highest BCUT2D eigenvalue weighted by atomic mass is 35.5. The van der Waals surface area contributed by atoms with Crippen LogP contribution >= 0.6 is 34.8 Å². The van der Waals surface area contributed by atoms with Crippen LogP contribution in [0.5, 0.6) is 5.75 Å². The number of aliphatic hydroxyl groups excluding tert-OH is 1.